The summed E-state index contributed by atoms with van der Waals surface area (Å²) in [5.41, 5.74) is 0.837. The molecule has 3 fully saturated rings. The van der Waals surface area contributed by atoms with Gasteiger partial charge in [0.25, 0.3) is 5.91 Å². The van der Waals surface area contributed by atoms with E-state index in [1.165, 1.54) is 12.1 Å². The van der Waals surface area contributed by atoms with Crippen LogP contribution in [0.2, 0.25) is 0 Å². The maximum absolute atomic E-state index is 15.8. The molecule has 2 aliphatic heterocycles. The number of carbonyl (C=O) groups is 4. The van der Waals surface area contributed by atoms with E-state index in [-0.39, 0.29) is 23.4 Å². The standard InChI is InChI=1S/C35H50FN7O5/c1-5-43-28(14-15-37-43)32(44)40-31(24-10-8-22(2)9-11-24)34(46)38-27-13-12-25(21-26(27)36)23(3)30(39-33(45)29-7-6-20-48-29)35(47)42-18-16-41(4)17-19-42/h12-15,21-24,29-31H,5-11,16-20H2,1-4H3,(H,38,46)(H,39,45)(H,40,44)/t22-,23-,24-,29-,30+,31-/m0/s1. The molecule has 1 saturated carbocycles. The highest BCUT2D eigenvalue weighted by molar-refractivity contribution is 6.00. The summed E-state index contributed by atoms with van der Waals surface area (Å²) in [5.74, 6) is -2.25. The number of benzene rings is 1. The number of aryl methyl sites for hydroxylation is 1. The van der Waals surface area contributed by atoms with E-state index in [4.69, 9.17) is 4.74 Å². The number of hydrogen-bond acceptors (Lipinski definition) is 7. The summed E-state index contributed by atoms with van der Waals surface area (Å²) >= 11 is 0. The second-order valence-corrected chi connectivity index (χ2v) is 13.6. The molecule has 1 aromatic heterocycles. The zero-order valence-corrected chi connectivity index (χ0v) is 28.5. The zero-order chi connectivity index (χ0) is 34.4. The fraction of sp³-hybridized carbons (Fsp3) is 0.629. The van der Waals surface area contributed by atoms with Crippen LogP contribution in [0.5, 0.6) is 0 Å². The van der Waals surface area contributed by atoms with Crippen LogP contribution in [0.3, 0.4) is 0 Å². The minimum absolute atomic E-state index is 0.0247. The Morgan fingerprint density at radius 1 is 1.02 bits per heavy atom. The molecule has 4 amide bonds. The maximum atomic E-state index is 15.8. The van der Waals surface area contributed by atoms with Crippen molar-refractivity contribution in [3.63, 3.8) is 0 Å². The number of rotatable bonds is 11. The van der Waals surface area contributed by atoms with Crippen molar-refractivity contribution in [3.8, 4) is 0 Å². The van der Waals surface area contributed by atoms with Crippen LogP contribution in [-0.4, -0.2) is 101 Å². The fourth-order valence-electron chi connectivity index (χ4n) is 6.98. The third-order valence-electron chi connectivity index (χ3n) is 10.2. The normalized spacial score (nSPS) is 23.6. The van der Waals surface area contributed by atoms with E-state index in [2.05, 4.69) is 32.9 Å². The molecule has 48 heavy (non-hydrogen) atoms. The smallest absolute Gasteiger partial charge is 0.270 e. The molecule has 5 rings (SSSR count). The first kappa shape index (κ1) is 35.5. The average Bonchev–Trinajstić information content (AvgIpc) is 3.80. The van der Waals surface area contributed by atoms with E-state index in [0.29, 0.717) is 49.8 Å². The zero-order valence-electron chi connectivity index (χ0n) is 28.5. The van der Waals surface area contributed by atoms with Gasteiger partial charge < -0.3 is 30.5 Å². The summed E-state index contributed by atoms with van der Waals surface area (Å²) in [5, 5.41) is 12.7. The summed E-state index contributed by atoms with van der Waals surface area (Å²) in [7, 11) is 2.00. The van der Waals surface area contributed by atoms with Crippen molar-refractivity contribution in [3.05, 3.63) is 47.5 Å². The van der Waals surface area contributed by atoms with Crippen LogP contribution in [0.4, 0.5) is 10.1 Å². The summed E-state index contributed by atoms with van der Waals surface area (Å²) in [6.45, 7) is 9.36. The van der Waals surface area contributed by atoms with Gasteiger partial charge in [0.2, 0.25) is 17.7 Å². The highest BCUT2D eigenvalue weighted by Crippen LogP contribution is 2.32. The van der Waals surface area contributed by atoms with Crippen molar-refractivity contribution in [1.29, 1.82) is 0 Å². The summed E-state index contributed by atoms with van der Waals surface area (Å²) in [6.07, 6.45) is 5.71. The minimum atomic E-state index is -0.921. The lowest BCUT2D eigenvalue weighted by molar-refractivity contribution is -0.140. The monoisotopic (exact) mass is 667 g/mol. The Bertz CT molecular complexity index is 1440. The van der Waals surface area contributed by atoms with E-state index in [1.54, 1.807) is 34.8 Å². The van der Waals surface area contributed by atoms with E-state index < -0.39 is 41.7 Å². The number of anilines is 1. The van der Waals surface area contributed by atoms with Gasteiger partial charge in [0.05, 0.1) is 5.69 Å². The third-order valence-corrected chi connectivity index (χ3v) is 10.2. The van der Waals surface area contributed by atoms with E-state index >= 15 is 4.39 Å². The van der Waals surface area contributed by atoms with Gasteiger partial charge in [-0.25, -0.2) is 4.39 Å². The van der Waals surface area contributed by atoms with Crippen molar-refractivity contribution < 1.29 is 28.3 Å². The van der Waals surface area contributed by atoms with Crippen LogP contribution in [-0.2, 0) is 25.7 Å². The second-order valence-electron chi connectivity index (χ2n) is 13.6. The Morgan fingerprint density at radius 3 is 2.40 bits per heavy atom. The Kier molecular flexibility index (Phi) is 11.9. The lowest BCUT2D eigenvalue weighted by Gasteiger charge is -2.36. The van der Waals surface area contributed by atoms with Crippen LogP contribution >= 0.6 is 0 Å². The Hall–Kier alpha value is -3.84. The molecule has 13 heteroatoms. The first-order valence-corrected chi connectivity index (χ1v) is 17.4. The van der Waals surface area contributed by atoms with Crippen LogP contribution in [0.15, 0.2) is 30.5 Å². The van der Waals surface area contributed by atoms with Crippen molar-refractivity contribution >= 4 is 29.3 Å². The molecular weight excluding hydrogens is 617 g/mol. The number of carbonyl (C=O) groups excluding carboxylic acids is 4. The van der Waals surface area contributed by atoms with Gasteiger partial charge in [-0.15, -0.1) is 0 Å². The second kappa shape index (κ2) is 16.0. The molecular formula is C35H50FN7O5. The number of ether oxygens (including phenoxy) is 1. The number of hydrogen-bond donors (Lipinski definition) is 3. The van der Waals surface area contributed by atoms with Crippen molar-refractivity contribution in [2.45, 2.75) is 89.9 Å². The third kappa shape index (κ3) is 8.41. The molecule has 0 radical (unpaired) electrons. The summed E-state index contributed by atoms with van der Waals surface area (Å²) in [4.78, 5) is 57.8. The largest absolute Gasteiger partial charge is 0.368 e. The highest BCUT2D eigenvalue weighted by Gasteiger charge is 2.37. The number of aromatic nitrogens is 2. The van der Waals surface area contributed by atoms with Gasteiger partial charge in [0, 0.05) is 51.4 Å². The Balaban J connectivity index is 1.33. The highest BCUT2D eigenvalue weighted by atomic mass is 19.1. The molecule has 12 nitrogen and oxygen atoms in total. The fourth-order valence-corrected chi connectivity index (χ4v) is 6.98. The van der Waals surface area contributed by atoms with Gasteiger partial charge in [-0.3, -0.25) is 23.9 Å². The number of likely N-dealkylation sites (N-methyl/N-ethyl adjacent to an activating group) is 1. The molecule has 0 unspecified atom stereocenters. The first-order chi connectivity index (χ1) is 23.0. The SMILES string of the molecule is CCn1nccc1C(=O)N[C@H](C(=O)Nc1ccc([C@H](C)[C@@H](NC(=O)[C@@H]2CCCO2)C(=O)N2CCN(C)CC2)cc1F)[C@H]1CC[C@H](C)CC1. The molecule has 4 atom stereocenters. The quantitative estimate of drug-likeness (QED) is 0.335. The topological polar surface area (TPSA) is 138 Å². The van der Waals surface area contributed by atoms with Crippen LogP contribution in [0, 0.1) is 17.7 Å². The van der Waals surface area contributed by atoms with Gasteiger partial charge in [0.15, 0.2) is 0 Å². The van der Waals surface area contributed by atoms with Gasteiger partial charge in [0.1, 0.15) is 29.7 Å². The average molecular weight is 668 g/mol. The molecule has 3 heterocycles. The molecule has 2 aromatic rings. The van der Waals surface area contributed by atoms with E-state index in [0.717, 1.165) is 45.2 Å². The molecule has 3 aliphatic rings. The van der Waals surface area contributed by atoms with Gasteiger partial charge >= 0.3 is 0 Å². The van der Waals surface area contributed by atoms with Crippen LogP contribution in [0.25, 0.3) is 0 Å². The van der Waals surface area contributed by atoms with Crippen molar-refractivity contribution in [2.75, 3.05) is 45.2 Å². The van der Waals surface area contributed by atoms with Gasteiger partial charge in [-0.1, -0.05) is 32.8 Å². The number of piperazine rings is 1. The molecule has 2 saturated heterocycles. The lowest BCUT2D eigenvalue weighted by Crippen LogP contribution is -2.56. The van der Waals surface area contributed by atoms with Crippen LogP contribution < -0.4 is 16.0 Å². The molecule has 0 spiro atoms. The molecule has 1 aliphatic carbocycles. The molecule has 262 valence electrons. The predicted octanol–water partition coefficient (Wildman–Crippen LogP) is 3.15. The van der Waals surface area contributed by atoms with E-state index in [9.17, 15) is 19.2 Å². The maximum Gasteiger partial charge on any atom is 0.270 e. The minimum Gasteiger partial charge on any atom is -0.368 e. The first-order valence-electron chi connectivity index (χ1n) is 17.4. The van der Waals surface area contributed by atoms with Gasteiger partial charge in [-0.05, 0) is 75.3 Å². The Labute approximate surface area is 282 Å². The van der Waals surface area contributed by atoms with Crippen LogP contribution in [0.1, 0.15) is 81.3 Å². The number of halogens is 1. The van der Waals surface area contributed by atoms with Crippen molar-refractivity contribution in [1.82, 2.24) is 30.2 Å². The molecule has 0 bridgehead atoms. The molecule has 3 N–H and O–H groups in total. The Morgan fingerprint density at radius 2 is 1.75 bits per heavy atom. The lowest BCUT2D eigenvalue weighted by atomic mass is 9.79. The number of amides is 4. The van der Waals surface area contributed by atoms with E-state index in [1.807, 2.05) is 14.0 Å². The van der Waals surface area contributed by atoms with Gasteiger partial charge in [-0.2, -0.15) is 5.10 Å². The predicted molar refractivity (Wildman–Crippen MR) is 179 cm³/mol. The number of nitrogens with one attached hydrogen (secondary N) is 3. The summed E-state index contributed by atoms with van der Waals surface area (Å²) in [6, 6.07) is 4.28. The summed E-state index contributed by atoms with van der Waals surface area (Å²) < 4.78 is 22.9. The number of nitrogens with zero attached hydrogens (tertiary/aromatic N) is 4. The van der Waals surface area contributed by atoms with Crippen molar-refractivity contribution in [2.24, 2.45) is 11.8 Å². The molecule has 1 aromatic carbocycles.